The third-order valence-electron chi connectivity index (χ3n) is 11.8. The SMILES string of the molecule is CC[C@H](C)[C@H](NC(=O)C1C[C@@H]2CCCC[C@@H]2CN1C[C@@H](O)[C@H](Cc1ccccc1)NC(=O)[C@H](CC(N)=O)NC(=O)OCc1ccccc1)C(=O)NC(C(=O)OC)C(C)C. The largest absolute Gasteiger partial charge is 0.467 e. The predicted octanol–water partition coefficient (Wildman–Crippen LogP) is 2.97. The van der Waals surface area contributed by atoms with Crippen molar-refractivity contribution in [2.75, 3.05) is 20.2 Å². The van der Waals surface area contributed by atoms with Gasteiger partial charge in [0.05, 0.1) is 31.7 Å². The molecular weight excluding hydrogens is 757 g/mol. The maximum Gasteiger partial charge on any atom is 0.408 e. The van der Waals surface area contributed by atoms with E-state index in [1.54, 1.807) is 38.1 Å². The molecule has 2 unspecified atom stereocenters. The Bertz CT molecular complexity index is 1700. The Morgan fingerprint density at radius 2 is 1.46 bits per heavy atom. The Hall–Kier alpha value is -5.02. The van der Waals surface area contributed by atoms with E-state index in [2.05, 4.69) is 21.3 Å². The van der Waals surface area contributed by atoms with Gasteiger partial charge in [-0.3, -0.25) is 24.1 Å². The first kappa shape index (κ1) is 46.7. The number of alkyl carbamates (subject to hydrolysis) is 1. The van der Waals surface area contributed by atoms with E-state index in [0.717, 1.165) is 36.8 Å². The van der Waals surface area contributed by atoms with E-state index in [4.69, 9.17) is 15.2 Å². The van der Waals surface area contributed by atoms with Crippen molar-refractivity contribution in [1.29, 1.82) is 0 Å². The molecule has 1 saturated heterocycles. The molecule has 1 saturated carbocycles. The molecule has 59 heavy (non-hydrogen) atoms. The van der Waals surface area contributed by atoms with Gasteiger partial charge in [0.2, 0.25) is 23.6 Å². The zero-order valence-electron chi connectivity index (χ0n) is 35.1. The van der Waals surface area contributed by atoms with Crippen LogP contribution in [0.5, 0.6) is 0 Å². The van der Waals surface area contributed by atoms with Gasteiger partial charge in [-0.05, 0) is 54.1 Å². The van der Waals surface area contributed by atoms with Crippen LogP contribution in [-0.2, 0) is 46.5 Å². The number of carbonyl (C=O) groups is 6. The van der Waals surface area contributed by atoms with E-state index in [9.17, 15) is 33.9 Å². The third kappa shape index (κ3) is 14.1. The van der Waals surface area contributed by atoms with Gasteiger partial charge in [0.1, 0.15) is 24.7 Å². The lowest BCUT2D eigenvalue weighted by molar-refractivity contribution is -0.147. The van der Waals surface area contributed by atoms with Gasteiger partial charge >= 0.3 is 12.1 Å². The number of aliphatic hydroxyl groups excluding tert-OH is 1. The van der Waals surface area contributed by atoms with Crippen LogP contribution in [0, 0.1) is 23.7 Å². The molecule has 4 rings (SSSR count). The summed E-state index contributed by atoms with van der Waals surface area (Å²) in [7, 11) is 1.26. The lowest BCUT2D eigenvalue weighted by atomic mass is 9.72. The molecule has 324 valence electrons. The Kier molecular flexibility index (Phi) is 18.2. The van der Waals surface area contributed by atoms with Gasteiger partial charge in [-0.1, -0.05) is 114 Å². The summed E-state index contributed by atoms with van der Waals surface area (Å²) in [6, 6.07) is 13.4. The molecule has 15 heteroatoms. The molecule has 0 radical (unpaired) electrons. The molecule has 1 heterocycles. The first-order valence-electron chi connectivity index (χ1n) is 20.9. The third-order valence-corrected chi connectivity index (χ3v) is 11.8. The van der Waals surface area contributed by atoms with E-state index in [1.165, 1.54) is 7.11 Å². The van der Waals surface area contributed by atoms with Crippen LogP contribution in [0.2, 0.25) is 0 Å². The Labute approximate surface area is 347 Å². The molecule has 5 amide bonds. The lowest BCUT2D eigenvalue weighted by Crippen LogP contribution is -2.62. The smallest absolute Gasteiger partial charge is 0.408 e. The summed E-state index contributed by atoms with van der Waals surface area (Å²) in [5.41, 5.74) is 7.03. The molecule has 0 aromatic heterocycles. The molecule has 1 aliphatic carbocycles. The number of nitrogens with one attached hydrogen (secondary N) is 4. The summed E-state index contributed by atoms with van der Waals surface area (Å²) in [6.45, 7) is 7.86. The zero-order valence-corrected chi connectivity index (χ0v) is 35.1. The number of primary amides is 1. The van der Waals surface area contributed by atoms with Crippen LogP contribution < -0.4 is 27.0 Å². The number of hydrogen-bond acceptors (Lipinski definition) is 10. The highest BCUT2D eigenvalue weighted by Crippen LogP contribution is 2.39. The van der Waals surface area contributed by atoms with Crippen LogP contribution in [0.15, 0.2) is 60.7 Å². The molecule has 2 fully saturated rings. The minimum Gasteiger partial charge on any atom is -0.467 e. The summed E-state index contributed by atoms with van der Waals surface area (Å²) in [4.78, 5) is 81.4. The first-order valence-corrected chi connectivity index (χ1v) is 20.9. The number of amides is 5. The topological polar surface area (TPSA) is 218 Å². The van der Waals surface area contributed by atoms with Gasteiger partial charge in [0, 0.05) is 13.1 Å². The summed E-state index contributed by atoms with van der Waals surface area (Å²) in [5.74, 6) is -2.91. The van der Waals surface area contributed by atoms with Crippen LogP contribution in [0.1, 0.15) is 83.8 Å². The predicted molar refractivity (Wildman–Crippen MR) is 221 cm³/mol. The average molecular weight is 821 g/mol. The second-order valence-electron chi connectivity index (χ2n) is 16.4. The van der Waals surface area contributed by atoms with Gasteiger partial charge in [-0.2, -0.15) is 0 Å². The number of hydrogen-bond donors (Lipinski definition) is 6. The number of fused-ring (bicyclic) bond motifs is 1. The first-order chi connectivity index (χ1) is 28.2. The molecule has 2 aromatic carbocycles. The van der Waals surface area contributed by atoms with E-state index < -0.39 is 72.5 Å². The maximum atomic E-state index is 14.4. The van der Waals surface area contributed by atoms with E-state index in [1.807, 2.05) is 55.1 Å². The van der Waals surface area contributed by atoms with Crippen molar-refractivity contribution < 1.29 is 43.3 Å². The van der Waals surface area contributed by atoms with Crippen LogP contribution in [0.3, 0.4) is 0 Å². The number of rotatable bonds is 20. The van der Waals surface area contributed by atoms with Crippen molar-refractivity contribution in [1.82, 2.24) is 26.2 Å². The number of carbonyl (C=O) groups excluding carboxylic acids is 6. The lowest BCUT2D eigenvalue weighted by Gasteiger charge is -2.47. The molecule has 15 nitrogen and oxygen atoms in total. The van der Waals surface area contributed by atoms with Gasteiger partial charge in [0.15, 0.2) is 0 Å². The monoisotopic (exact) mass is 820 g/mol. The second kappa shape index (κ2) is 22.9. The molecule has 2 aliphatic rings. The highest BCUT2D eigenvalue weighted by molar-refractivity contribution is 5.92. The van der Waals surface area contributed by atoms with Crippen molar-refractivity contribution in [2.24, 2.45) is 29.4 Å². The van der Waals surface area contributed by atoms with E-state index >= 15 is 0 Å². The van der Waals surface area contributed by atoms with Gasteiger partial charge in [-0.25, -0.2) is 9.59 Å². The Morgan fingerprint density at radius 3 is 2.05 bits per heavy atom. The number of likely N-dealkylation sites (tertiary alicyclic amines) is 1. The fourth-order valence-electron chi connectivity index (χ4n) is 8.11. The maximum absolute atomic E-state index is 14.4. The summed E-state index contributed by atoms with van der Waals surface area (Å²) >= 11 is 0. The number of piperidine rings is 1. The van der Waals surface area contributed by atoms with Crippen molar-refractivity contribution in [2.45, 2.75) is 122 Å². The summed E-state index contributed by atoms with van der Waals surface area (Å²) < 4.78 is 10.2. The number of ether oxygens (including phenoxy) is 2. The number of benzene rings is 2. The quantitative estimate of drug-likeness (QED) is 0.107. The number of nitrogens with two attached hydrogens (primary N) is 1. The number of aliphatic hydroxyl groups is 1. The van der Waals surface area contributed by atoms with Crippen LogP contribution in [0.4, 0.5) is 4.79 Å². The fraction of sp³-hybridized carbons (Fsp3) is 0.591. The number of esters is 1. The van der Waals surface area contributed by atoms with E-state index in [-0.39, 0.29) is 43.2 Å². The van der Waals surface area contributed by atoms with Crippen LogP contribution in [-0.4, -0.2) is 102 Å². The van der Waals surface area contributed by atoms with Crippen LogP contribution >= 0.6 is 0 Å². The Morgan fingerprint density at radius 1 is 0.831 bits per heavy atom. The van der Waals surface area contributed by atoms with Gasteiger partial charge in [0.25, 0.3) is 0 Å². The summed E-state index contributed by atoms with van der Waals surface area (Å²) in [5, 5.41) is 23.2. The Balaban J connectivity index is 1.56. The second-order valence-corrected chi connectivity index (χ2v) is 16.4. The van der Waals surface area contributed by atoms with Crippen molar-refractivity contribution in [3.8, 4) is 0 Å². The minimum atomic E-state index is -1.39. The van der Waals surface area contributed by atoms with E-state index in [0.29, 0.717) is 25.3 Å². The molecule has 2 aromatic rings. The minimum absolute atomic E-state index is 0.00405. The highest BCUT2D eigenvalue weighted by atomic mass is 16.5. The van der Waals surface area contributed by atoms with Crippen LogP contribution in [0.25, 0.3) is 0 Å². The highest BCUT2D eigenvalue weighted by Gasteiger charge is 2.43. The van der Waals surface area contributed by atoms with Crippen molar-refractivity contribution in [3.05, 3.63) is 71.8 Å². The van der Waals surface area contributed by atoms with Gasteiger partial charge in [-0.15, -0.1) is 0 Å². The normalized spacial score (nSPS) is 21.0. The number of nitrogens with zero attached hydrogens (tertiary/aromatic N) is 1. The molecular formula is C44H64N6O9. The molecule has 1 aliphatic heterocycles. The fourth-order valence-corrected chi connectivity index (χ4v) is 8.11. The zero-order chi connectivity index (χ0) is 43.1. The standard InChI is InChI=1S/C44H64N6O9/c1-6-28(4)39(42(55)48-38(27(2)3)43(56)58-5)49-41(54)35-22-31-19-13-14-20-32(31)24-50(35)25-36(51)33(21-29-15-9-7-10-16-29)46-40(53)34(23-37(45)52)47-44(57)59-26-30-17-11-8-12-18-30/h7-12,15-18,27-28,31-36,38-39,51H,6,13-14,19-26H2,1-5H3,(H2,45,52)(H,46,53)(H,47,57)(H,48,55)(H,49,54)/t28-,31-,32+,33-,34-,35?,36+,38?,39-/m0/s1. The number of β-amino-alcohol motifs (C(OH)–C–C–N with tert-alkyl or cyclic N) is 1. The van der Waals surface area contributed by atoms with Crippen molar-refractivity contribution in [3.63, 3.8) is 0 Å². The average Bonchev–Trinajstić information content (AvgIpc) is 3.22. The molecule has 7 N–H and O–H groups in total. The molecule has 0 bridgehead atoms. The summed E-state index contributed by atoms with van der Waals surface area (Å²) in [6.07, 6.45) is 2.74. The van der Waals surface area contributed by atoms with Crippen molar-refractivity contribution >= 4 is 35.7 Å². The molecule has 9 atom stereocenters. The number of methoxy groups -OCH3 is 1. The molecule has 0 spiro atoms. The van der Waals surface area contributed by atoms with Gasteiger partial charge < -0.3 is 41.6 Å².